The Morgan fingerprint density at radius 3 is 2.33 bits per heavy atom. The van der Waals surface area contributed by atoms with E-state index in [4.69, 9.17) is 16.2 Å². The summed E-state index contributed by atoms with van der Waals surface area (Å²) >= 11 is 0. The summed E-state index contributed by atoms with van der Waals surface area (Å²) in [5.74, 6) is 0.0580. The van der Waals surface area contributed by atoms with Crippen molar-refractivity contribution >= 4 is 5.91 Å². The van der Waals surface area contributed by atoms with Gasteiger partial charge in [0.15, 0.2) is 5.54 Å². The van der Waals surface area contributed by atoms with Crippen molar-refractivity contribution < 1.29 is 9.53 Å². The van der Waals surface area contributed by atoms with Crippen LogP contribution >= 0.6 is 0 Å². The highest BCUT2D eigenvalue weighted by molar-refractivity contribution is 5.86. The van der Waals surface area contributed by atoms with Crippen LogP contribution in [0.3, 0.4) is 0 Å². The Kier molecular flexibility index (Phi) is 4.29. The number of primary amides is 1. The second kappa shape index (κ2) is 5.97. The van der Waals surface area contributed by atoms with Crippen LogP contribution in [0.4, 0.5) is 0 Å². The molecule has 0 saturated carbocycles. The first kappa shape index (κ1) is 15.1. The number of amides is 1. The third kappa shape index (κ3) is 3.23. The normalized spacial score (nSPS) is 13.5. The Bertz CT molecular complexity index is 640. The van der Waals surface area contributed by atoms with E-state index < -0.39 is 11.4 Å². The molecule has 0 fully saturated rings. The topological polar surface area (TPSA) is 78.3 Å². The molecule has 0 heterocycles. The van der Waals surface area contributed by atoms with Crippen LogP contribution in [0.1, 0.15) is 16.7 Å². The summed E-state index contributed by atoms with van der Waals surface area (Å²) in [7, 11) is 0. The van der Waals surface area contributed by atoms with Crippen LogP contribution in [-0.2, 0) is 10.3 Å². The number of benzene rings is 2. The summed E-state index contributed by atoms with van der Waals surface area (Å²) in [5, 5.41) is 0. The summed E-state index contributed by atoms with van der Waals surface area (Å²) in [6.45, 7) is 4.03. The van der Waals surface area contributed by atoms with E-state index in [2.05, 4.69) is 0 Å². The fraction of sp³-hybridized carbons (Fsp3) is 0.235. The first-order valence-corrected chi connectivity index (χ1v) is 6.78. The fourth-order valence-corrected chi connectivity index (χ4v) is 2.03. The Labute approximate surface area is 124 Å². The van der Waals surface area contributed by atoms with Crippen molar-refractivity contribution in [2.45, 2.75) is 19.4 Å². The molecule has 1 unspecified atom stereocenters. The van der Waals surface area contributed by atoms with Gasteiger partial charge in [-0.05, 0) is 42.7 Å². The number of carbonyl (C=O) groups excluding carboxylic acids is 1. The number of carbonyl (C=O) groups is 1. The molecule has 0 saturated heterocycles. The third-order valence-electron chi connectivity index (χ3n) is 3.67. The van der Waals surface area contributed by atoms with Gasteiger partial charge in [0.1, 0.15) is 12.4 Å². The molecule has 21 heavy (non-hydrogen) atoms. The molecule has 0 radical (unpaired) electrons. The van der Waals surface area contributed by atoms with E-state index >= 15 is 0 Å². The average Bonchev–Trinajstić information content (AvgIpc) is 2.49. The van der Waals surface area contributed by atoms with Crippen LogP contribution < -0.4 is 16.2 Å². The molecule has 4 heteroatoms. The molecule has 1 amide bonds. The summed E-state index contributed by atoms with van der Waals surface area (Å²) in [4.78, 5) is 11.8. The molecule has 110 valence electrons. The summed E-state index contributed by atoms with van der Waals surface area (Å²) < 4.78 is 5.70. The van der Waals surface area contributed by atoms with Crippen molar-refractivity contribution in [3.63, 3.8) is 0 Å². The molecule has 2 rings (SSSR count). The third-order valence-corrected chi connectivity index (χ3v) is 3.67. The summed E-state index contributed by atoms with van der Waals surface area (Å²) in [6.07, 6.45) is 0. The van der Waals surface area contributed by atoms with Gasteiger partial charge < -0.3 is 16.2 Å². The average molecular weight is 284 g/mol. The molecule has 0 aliphatic heterocycles. The van der Waals surface area contributed by atoms with E-state index in [-0.39, 0.29) is 6.61 Å². The molecule has 0 aliphatic carbocycles. The number of aryl methyl sites for hydroxylation is 2. The molecular formula is C17H20N2O2. The van der Waals surface area contributed by atoms with E-state index in [1.165, 1.54) is 5.56 Å². The van der Waals surface area contributed by atoms with Gasteiger partial charge in [0.25, 0.3) is 0 Å². The van der Waals surface area contributed by atoms with Gasteiger partial charge in [-0.2, -0.15) is 0 Å². The highest BCUT2D eigenvalue weighted by atomic mass is 16.5. The van der Waals surface area contributed by atoms with Crippen molar-refractivity contribution in [2.24, 2.45) is 11.5 Å². The number of hydrogen-bond donors (Lipinski definition) is 2. The highest BCUT2D eigenvalue weighted by Crippen LogP contribution is 2.22. The lowest BCUT2D eigenvalue weighted by Gasteiger charge is -2.26. The molecule has 2 aromatic carbocycles. The molecule has 0 aromatic heterocycles. The minimum atomic E-state index is -1.35. The highest BCUT2D eigenvalue weighted by Gasteiger charge is 2.35. The lowest BCUT2D eigenvalue weighted by atomic mass is 9.91. The Balaban J connectivity index is 2.21. The number of rotatable bonds is 5. The zero-order chi connectivity index (χ0) is 15.5. The van der Waals surface area contributed by atoms with Gasteiger partial charge in [-0.25, -0.2) is 0 Å². The van der Waals surface area contributed by atoms with Gasteiger partial charge in [-0.15, -0.1) is 0 Å². The number of hydrogen-bond acceptors (Lipinski definition) is 3. The van der Waals surface area contributed by atoms with Gasteiger partial charge in [0.2, 0.25) is 5.91 Å². The molecule has 0 aliphatic rings. The van der Waals surface area contributed by atoms with Crippen molar-refractivity contribution in [1.29, 1.82) is 0 Å². The van der Waals surface area contributed by atoms with Gasteiger partial charge in [0.05, 0.1) is 0 Å². The Morgan fingerprint density at radius 2 is 1.76 bits per heavy atom. The van der Waals surface area contributed by atoms with E-state index in [0.717, 1.165) is 5.56 Å². The predicted octanol–water partition coefficient (Wildman–Crippen LogP) is 2.02. The zero-order valence-electron chi connectivity index (χ0n) is 12.3. The largest absolute Gasteiger partial charge is 0.491 e. The molecule has 4 N–H and O–H groups in total. The Morgan fingerprint density at radius 1 is 1.10 bits per heavy atom. The van der Waals surface area contributed by atoms with Crippen molar-refractivity contribution in [3.05, 3.63) is 65.2 Å². The molecular weight excluding hydrogens is 264 g/mol. The van der Waals surface area contributed by atoms with Gasteiger partial charge in [0, 0.05) is 0 Å². The number of ether oxygens (including phenoxy) is 1. The van der Waals surface area contributed by atoms with Crippen LogP contribution in [0, 0.1) is 13.8 Å². The van der Waals surface area contributed by atoms with E-state index in [1.54, 1.807) is 12.1 Å². The van der Waals surface area contributed by atoms with Crippen LogP contribution in [0.25, 0.3) is 0 Å². The van der Waals surface area contributed by atoms with Crippen molar-refractivity contribution in [3.8, 4) is 5.75 Å². The second-order valence-corrected chi connectivity index (χ2v) is 5.24. The molecule has 1 atom stereocenters. The first-order chi connectivity index (χ1) is 9.93. The van der Waals surface area contributed by atoms with E-state index in [9.17, 15) is 4.79 Å². The lowest BCUT2D eigenvalue weighted by Crippen LogP contribution is -2.53. The standard InChI is InChI=1S/C17H20N2O2/c1-12-8-9-15(10-13(12)2)21-11-17(19,16(18)20)14-6-4-3-5-7-14/h3-10H,11,19H2,1-2H3,(H2,18,20). The van der Waals surface area contributed by atoms with Crippen molar-refractivity contribution in [2.75, 3.05) is 6.61 Å². The van der Waals surface area contributed by atoms with Crippen LogP contribution in [-0.4, -0.2) is 12.5 Å². The maximum absolute atomic E-state index is 11.8. The fourth-order valence-electron chi connectivity index (χ4n) is 2.03. The predicted molar refractivity (Wildman–Crippen MR) is 82.9 cm³/mol. The Hall–Kier alpha value is -2.33. The van der Waals surface area contributed by atoms with Crippen LogP contribution in [0.15, 0.2) is 48.5 Å². The smallest absolute Gasteiger partial charge is 0.245 e. The van der Waals surface area contributed by atoms with Crippen LogP contribution in [0.2, 0.25) is 0 Å². The minimum Gasteiger partial charge on any atom is -0.491 e. The van der Waals surface area contributed by atoms with Gasteiger partial charge in [-0.3, -0.25) is 4.79 Å². The maximum atomic E-state index is 11.8. The second-order valence-electron chi connectivity index (χ2n) is 5.24. The number of nitrogens with two attached hydrogens (primary N) is 2. The maximum Gasteiger partial charge on any atom is 0.245 e. The van der Waals surface area contributed by atoms with Crippen molar-refractivity contribution in [1.82, 2.24) is 0 Å². The molecule has 2 aromatic rings. The molecule has 0 bridgehead atoms. The summed E-state index contributed by atoms with van der Waals surface area (Å²) in [6, 6.07) is 14.8. The zero-order valence-corrected chi connectivity index (χ0v) is 12.3. The van der Waals surface area contributed by atoms with Gasteiger partial charge in [-0.1, -0.05) is 36.4 Å². The first-order valence-electron chi connectivity index (χ1n) is 6.78. The summed E-state index contributed by atoms with van der Waals surface area (Å²) in [5.41, 5.74) is 13.2. The monoisotopic (exact) mass is 284 g/mol. The molecule has 4 nitrogen and oxygen atoms in total. The quantitative estimate of drug-likeness (QED) is 0.881. The van der Waals surface area contributed by atoms with E-state index in [0.29, 0.717) is 11.3 Å². The van der Waals surface area contributed by atoms with Gasteiger partial charge >= 0.3 is 0 Å². The van der Waals surface area contributed by atoms with Crippen LogP contribution in [0.5, 0.6) is 5.75 Å². The minimum absolute atomic E-state index is 0.00511. The van der Waals surface area contributed by atoms with E-state index in [1.807, 2.05) is 50.2 Å². The lowest BCUT2D eigenvalue weighted by molar-refractivity contribution is -0.124. The molecule has 0 spiro atoms. The SMILES string of the molecule is Cc1ccc(OCC(N)(C(N)=O)c2ccccc2)cc1C.